The van der Waals surface area contributed by atoms with Gasteiger partial charge in [-0.05, 0) is 66.3 Å². The summed E-state index contributed by atoms with van der Waals surface area (Å²) in [5.74, 6) is -10.9. The minimum Gasteiger partial charge on any atom is -0.508 e. The van der Waals surface area contributed by atoms with Gasteiger partial charge in [-0.15, -0.1) is 0 Å². The zero-order valence-corrected chi connectivity index (χ0v) is 44.6. The number of amides is 9. The molecular weight excluding hydrogens is 1050 g/mol. The Morgan fingerprint density at radius 1 is 0.577 bits per heavy atom. The largest absolute Gasteiger partial charge is 0.508 e. The third-order valence-corrected chi connectivity index (χ3v) is 12.7. The third kappa shape index (κ3) is 19.6. The van der Waals surface area contributed by atoms with Crippen LogP contribution >= 0.6 is 25.3 Å². The molecule has 4 rings (SSSR count). The van der Waals surface area contributed by atoms with Gasteiger partial charge in [0.15, 0.2) is 0 Å². The van der Waals surface area contributed by atoms with Crippen LogP contribution in [0.25, 0.3) is 10.9 Å². The number of aliphatic hydroxyl groups is 1. The van der Waals surface area contributed by atoms with Crippen LogP contribution in [0.15, 0.2) is 79.0 Å². The number of aromatic amines is 1. The van der Waals surface area contributed by atoms with Crippen molar-refractivity contribution in [2.45, 2.75) is 107 Å². The topological polar surface area (TPSA) is 416 Å². The summed E-state index contributed by atoms with van der Waals surface area (Å²) in [7, 11) is 0. The second-order valence-corrected chi connectivity index (χ2v) is 19.5. The lowest BCUT2D eigenvalue weighted by Crippen LogP contribution is -2.60. The molecule has 1 heterocycles. The molecule has 0 saturated carbocycles. The molecule has 4 aromatic rings. The minimum absolute atomic E-state index is 0.0568. The molecule has 9 atom stereocenters. The maximum Gasteiger partial charge on any atom is 0.327 e. The Hall–Kier alpha value is -7.88. The predicted molar refractivity (Wildman–Crippen MR) is 290 cm³/mol. The number of aromatic nitrogens is 1. The van der Waals surface area contributed by atoms with E-state index in [0.717, 1.165) is 0 Å². The molecule has 0 aliphatic carbocycles. The van der Waals surface area contributed by atoms with E-state index < -0.39 is 127 Å². The summed E-state index contributed by atoms with van der Waals surface area (Å²) in [6, 6.07) is 6.57. The van der Waals surface area contributed by atoms with E-state index in [1.165, 1.54) is 55.5 Å². The fraction of sp³-hybridized carbons (Fsp3) is 0.412. The van der Waals surface area contributed by atoms with E-state index in [1.807, 2.05) is 0 Å². The third-order valence-electron chi connectivity index (χ3n) is 12.0. The first kappa shape index (κ1) is 62.7. The van der Waals surface area contributed by atoms with Gasteiger partial charge in [-0.3, -0.25) is 43.2 Å². The van der Waals surface area contributed by atoms with E-state index in [0.29, 0.717) is 27.6 Å². The molecule has 0 fully saturated rings. The van der Waals surface area contributed by atoms with Gasteiger partial charge in [-0.25, -0.2) is 4.79 Å². The number of carboxylic acid groups (broad SMARTS) is 1. The molecule has 0 saturated heterocycles. The summed E-state index contributed by atoms with van der Waals surface area (Å²) in [5, 5.41) is 60.0. The average molecular weight is 1120 g/mol. The maximum absolute atomic E-state index is 14.3. The first-order valence-electron chi connectivity index (χ1n) is 24.6. The highest BCUT2D eigenvalue weighted by atomic mass is 32.1. The molecule has 0 radical (unpaired) electrons. The number of carboxylic acids is 1. The number of hydrogen-bond donors (Lipinski definition) is 17. The molecule has 27 heteroatoms. The van der Waals surface area contributed by atoms with Crippen LogP contribution in [-0.2, 0) is 67.2 Å². The van der Waals surface area contributed by atoms with E-state index in [1.54, 1.807) is 44.3 Å². The van der Waals surface area contributed by atoms with Gasteiger partial charge in [0, 0.05) is 47.9 Å². The normalized spacial score (nSPS) is 14.6. The summed E-state index contributed by atoms with van der Waals surface area (Å²) in [6.45, 7) is 3.84. The van der Waals surface area contributed by atoms with Crippen LogP contribution in [0.2, 0.25) is 0 Å². The molecule has 78 heavy (non-hydrogen) atoms. The lowest BCUT2D eigenvalue weighted by atomic mass is 10.00. The SMILES string of the molecule is CC(C)C[C@H](NC(=O)[C@H](CC(N)=O)NC(=O)[C@H](Cc1ccc(O)cc1)NC(=O)[C@@H](N)CS)C(=O)N[C@@H](Cc1ccc(O)cc1)C(=O)NCC(=O)N[C@@H](Cc1c[nH]c2ccccc12)C(=O)N[C@H](C(=O)N[C@@H](CS)C(=O)O)[C@@H](C)O. The minimum atomic E-state index is -1.70. The Labute approximate surface area is 459 Å². The van der Waals surface area contributed by atoms with Gasteiger partial charge in [0.25, 0.3) is 0 Å². The number of para-hydroxylation sites is 1. The molecule has 422 valence electrons. The van der Waals surface area contributed by atoms with Crippen LogP contribution in [-0.4, -0.2) is 157 Å². The van der Waals surface area contributed by atoms with E-state index in [9.17, 15) is 68.4 Å². The van der Waals surface area contributed by atoms with Gasteiger partial charge in [0.1, 0.15) is 53.8 Å². The number of nitrogens with one attached hydrogen (secondary N) is 9. The molecule has 1 aromatic heterocycles. The van der Waals surface area contributed by atoms with Crippen molar-refractivity contribution < 1.29 is 68.4 Å². The number of carbonyl (C=O) groups excluding carboxylic acids is 9. The number of aromatic hydroxyl groups is 2. The van der Waals surface area contributed by atoms with Crippen molar-refractivity contribution in [3.05, 3.63) is 95.7 Å². The predicted octanol–water partition coefficient (Wildman–Crippen LogP) is -2.31. The van der Waals surface area contributed by atoms with Gasteiger partial charge in [0.05, 0.1) is 25.1 Å². The second-order valence-electron chi connectivity index (χ2n) is 18.8. The number of nitrogens with two attached hydrogens (primary N) is 2. The Bertz CT molecular complexity index is 2760. The lowest BCUT2D eigenvalue weighted by molar-refractivity contribution is -0.142. The number of carbonyl (C=O) groups is 10. The standard InChI is InChI=1S/C51H67N11O14S2/c1-25(2)16-35(58-48(72)39(20-41(53)66)60-47(71)37(57-44(68)33(52)23-77)18-28-10-14-31(65)15-11-28)46(70)59-36(17-27-8-12-30(64)13-9-27)45(69)55-22-42(67)56-38(19-29-21-54-34-7-5-4-6-32(29)34)49(73)62-43(26(3)63)50(74)61-40(24-78)51(75)76/h4-15,21,25-26,33,35-40,43,54,63-65,77-78H,16-20,22-24,52H2,1-3H3,(H2,53,66)(H,55,69)(H,56,67)(H,57,68)(H,58,72)(H,59,70)(H,60,71)(H,61,74)(H,62,73)(H,75,76)/t26-,33+,35+,36+,37+,38+,39+,40+,43+/m1/s1. The number of hydrogen-bond acceptors (Lipinski definition) is 16. The van der Waals surface area contributed by atoms with E-state index in [2.05, 4.69) is 72.8 Å². The summed E-state index contributed by atoms with van der Waals surface area (Å²) >= 11 is 7.97. The molecular formula is C51H67N11O14S2. The zero-order valence-electron chi connectivity index (χ0n) is 42.9. The zero-order chi connectivity index (χ0) is 57.8. The molecule has 0 unspecified atom stereocenters. The van der Waals surface area contributed by atoms with Gasteiger partial charge < -0.3 is 79.4 Å². The Morgan fingerprint density at radius 2 is 1.06 bits per heavy atom. The monoisotopic (exact) mass is 1120 g/mol. The van der Waals surface area contributed by atoms with Crippen molar-refractivity contribution in [1.82, 2.24) is 47.5 Å². The number of aliphatic carboxylic acids is 1. The van der Waals surface area contributed by atoms with Crippen LogP contribution in [0.4, 0.5) is 0 Å². The summed E-state index contributed by atoms with van der Waals surface area (Å²) < 4.78 is 0. The van der Waals surface area contributed by atoms with Crippen molar-refractivity contribution >= 4 is 95.3 Å². The highest BCUT2D eigenvalue weighted by molar-refractivity contribution is 7.80. The Morgan fingerprint density at radius 3 is 1.60 bits per heavy atom. The lowest BCUT2D eigenvalue weighted by Gasteiger charge is -2.27. The van der Waals surface area contributed by atoms with Crippen LogP contribution < -0.4 is 54.0 Å². The number of fused-ring (bicyclic) bond motifs is 1. The highest BCUT2D eigenvalue weighted by Gasteiger charge is 2.35. The van der Waals surface area contributed by atoms with Crippen molar-refractivity contribution in [3.8, 4) is 11.5 Å². The average Bonchev–Trinajstić information content (AvgIpc) is 3.80. The van der Waals surface area contributed by atoms with Crippen molar-refractivity contribution in [2.24, 2.45) is 17.4 Å². The molecule has 0 bridgehead atoms. The van der Waals surface area contributed by atoms with E-state index in [-0.39, 0.29) is 54.6 Å². The van der Waals surface area contributed by atoms with Gasteiger partial charge >= 0.3 is 5.97 Å². The Balaban J connectivity index is 1.57. The summed E-state index contributed by atoms with van der Waals surface area (Å²) in [6.07, 6.45) is -1.36. The fourth-order valence-corrected chi connectivity index (χ4v) is 8.23. The van der Waals surface area contributed by atoms with Gasteiger partial charge in [0.2, 0.25) is 53.2 Å². The van der Waals surface area contributed by atoms with E-state index >= 15 is 0 Å². The van der Waals surface area contributed by atoms with Gasteiger partial charge in [-0.1, -0.05) is 56.3 Å². The number of rotatable bonds is 30. The number of phenolic OH excluding ortho intramolecular Hbond substituents is 2. The van der Waals surface area contributed by atoms with Gasteiger partial charge in [-0.2, -0.15) is 25.3 Å². The molecule has 0 aliphatic rings. The van der Waals surface area contributed by atoms with Crippen LogP contribution in [0, 0.1) is 5.92 Å². The number of aliphatic hydroxyl groups excluding tert-OH is 1. The number of benzene rings is 3. The smallest absolute Gasteiger partial charge is 0.327 e. The van der Waals surface area contributed by atoms with Crippen molar-refractivity contribution in [2.75, 3.05) is 18.1 Å². The van der Waals surface area contributed by atoms with Crippen molar-refractivity contribution in [3.63, 3.8) is 0 Å². The molecule has 9 amide bonds. The first-order valence-corrected chi connectivity index (χ1v) is 25.8. The molecule has 17 N–H and O–H groups in total. The Kier molecular flexibility index (Phi) is 24.2. The number of primary amides is 1. The van der Waals surface area contributed by atoms with E-state index in [4.69, 9.17) is 11.5 Å². The number of H-pyrrole nitrogens is 1. The first-order chi connectivity index (χ1) is 36.9. The van der Waals surface area contributed by atoms with Crippen LogP contribution in [0.1, 0.15) is 50.3 Å². The molecule has 0 spiro atoms. The fourth-order valence-electron chi connectivity index (χ4n) is 7.82. The van der Waals surface area contributed by atoms with Crippen molar-refractivity contribution in [1.29, 1.82) is 0 Å². The summed E-state index contributed by atoms with van der Waals surface area (Å²) in [4.78, 5) is 137. The van der Waals surface area contributed by atoms with Crippen LogP contribution in [0.5, 0.6) is 11.5 Å². The second kappa shape index (κ2) is 30.2. The quantitative estimate of drug-likeness (QED) is 0.0244. The maximum atomic E-state index is 14.3. The molecule has 25 nitrogen and oxygen atoms in total. The summed E-state index contributed by atoms with van der Waals surface area (Å²) in [5.41, 5.74) is 13.5. The molecule has 0 aliphatic heterocycles. The molecule has 3 aromatic carbocycles. The number of thiol groups is 2. The van der Waals surface area contributed by atoms with Crippen LogP contribution in [0.3, 0.4) is 0 Å². The highest BCUT2D eigenvalue weighted by Crippen LogP contribution is 2.20. The number of phenols is 2.